The number of sulfonamides is 1. The van der Waals surface area contributed by atoms with E-state index in [4.69, 9.17) is 4.74 Å². The summed E-state index contributed by atoms with van der Waals surface area (Å²) in [6.45, 7) is 5.12. The first-order chi connectivity index (χ1) is 10.1. The van der Waals surface area contributed by atoms with Crippen molar-refractivity contribution in [2.24, 2.45) is 0 Å². The van der Waals surface area contributed by atoms with Crippen molar-refractivity contribution in [2.75, 3.05) is 32.0 Å². The largest absolute Gasteiger partial charge is 0.374 e. The first kappa shape index (κ1) is 15.0. The van der Waals surface area contributed by atoms with Gasteiger partial charge in [-0.15, -0.1) is 0 Å². The predicted octanol–water partition coefficient (Wildman–Crippen LogP) is 0.921. The second kappa shape index (κ2) is 6.04. The van der Waals surface area contributed by atoms with Crippen LogP contribution in [0.25, 0.3) is 0 Å². The molecule has 2 atom stereocenters. The fourth-order valence-electron chi connectivity index (χ4n) is 3.15. The molecule has 0 bridgehead atoms. The molecule has 0 aromatic heterocycles. The van der Waals surface area contributed by atoms with E-state index in [0.717, 1.165) is 13.1 Å². The Morgan fingerprint density at radius 1 is 1.24 bits per heavy atom. The third-order valence-corrected chi connectivity index (χ3v) is 6.18. The molecule has 2 aliphatic heterocycles. The van der Waals surface area contributed by atoms with Crippen LogP contribution in [0.2, 0.25) is 0 Å². The molecule has 2 heterocycles. The maximum atomic E-state index is 12.1. The Bertz CT molecular complexity index is 576. The Labute approximate surface area is 126 Å². The first-order valence-electron chi connectivity index (χ1n) is 7.47. The minimum absolute atomic E-state index is 0.00351. The van der Waals surface area contributed by atoms with Crippen molar-refractivity contribution >= 4 is 10.0 Å². The fraction of sp³-hybridized carbons (Fsp3) is 0.600. The normalized spacial score (nSPS) is 27.7. The van der Waals surface area contributed by atoms with E-state index in [9.17, 15) is 8.42 Å². The topological polar surface area (TPSA) is 49.9 Å². The molecular formula is C15H22N2O3S. The van der Waals surface area contributed by atoms with Crippen LogP contribution in [0.5, 0.6) is 0 Å². The molecule has 0 radical (unpaired) electrons. The number of hydrogen-bond acceptors (Lipinski definition) is 4. The third kappa shape index (κ3) is 3.13. The highest BCUT2D eigenvalue weighted by Gasteiger charge is 2.43. The number of hydrogen-bond donors (Lipinski definition) is 0. The predicted molar refractivity (Wildman–Crippen MR) is 81.4 cm³/mol. The van der Waals surface area contributed by atoms with Crippen molar-refractivity contribution < 1.29 is 13.2 Å². The van der Waals surface area contributed by atoms with Gasteiger partial charge in [-0.2, -0.15) is 4.31 Å². The van der Waals surface area contributed by atoms with E-state index >= 15 is 0 Å². The molecule has 2 saturated heterocycles. The van der Waals surface area contributed by atoms with E-state index in [0.29, 0.717) is 19.7 Å². The van der Waals surface area contributed by atoms with Crippen LogP contribution in [0.3, 0.4) is 0 Å². The lowest BCUT2D eigenvalue weighted by molar-refractivity contribution is -0.0502. The van der Waals surface area contributed by atoms with E-state index in [-0.39, 0.29) is 17.9 Å². The maximum absolute atomic E-state index is 12.1. The van der Waals surface area contributed by atoms with Crippen LogP contribution in [0, 0.1) is 0 Å². The summed E-state index contributed by atoms with van der Waals surface area (Å²) < 4.78 is 31.5. The van der Waals surface area contributed by atoms with Crippen molar-refractivity contribution in [3.63, 3.8) is 0 Å². The number of rotatable bonds is 4. The molecule has 21 heavy (non-hydrogen) atoms. The zero-order valence-electron chi connectivity index (χ0n) is 12.3. The molecule has 2 aliphatic rings. The Morgan fingerprint density at radius 3 is 2.71 bits per heavy atom. The van der Waals surface area contributed by atoms with Gasteiger partial charge in [0, 0.05) is 26.2 Å². The molecule has 6 heteroatoms. The van der Waals surface area contributed by atoms with Gasteiger partial charge in [0.25, 0.3) is 0 Å². The average Bonchev–Trinajstić information content (AvgIpc) is 2.94. The monoisotopic (exact) mass is 310 g/mol. The average molecular weight is 310 g/mol. The molecule has 0 aliphatic carbocycles. The van der Waals surface area contributed by atoms with Gasteiger partial charge < -0.3 is 4.74 Å². The van der Waals surface area contributed by atoms with Crippen LogP contribution in [-0.2, 0) is 21.3 Å². The quantitative estimate of drug-likeness (QED) is 0.830. The smallest absolute Gasteiger partial charge is 0.213 e. The maximum Gasteiger partial charge on any atom is 0.213 e. The van der Waals surface area contributed by atoms with Crippen molar-refractivity contribution in [1.29, 1.82) is 0 Å². The van der Waals surface area contributed by atoms with E-state index in [1.807, 2.05) is 18.2 Å². The minimum atomic E-state index is -3.13. The van der Waals surface area contributed by atoms with Crippen LogP contribution in [0.4, 0.5) is 0 Å². The highest BCUT2D eigenvalue weighted by Crippen LogP contribution is 2.26. The zero-order chi connectivity index (χ0) is 14.9. The van der Waals surface area contributed by atoms with Crippen LogP contribution >= 0.6 is 0 Å². The van der Waals surface area contributed by atoms with Gasteiger partial charge in [0.05, 0.1) is 24.5 Å². The summed E-state index contributed by atoms with van der Waals surface area (Å²) in [5.74, 6) is 0.158. The Hall–Kier alpha value is -0.950. The summed E-state index contributed by atoms with van der Waals surface area (Å²) in [5.41, 5.74) is 1.26. The number of ether oxygens (including phenoxy) is 1. The standard InChI is InChI=1S/C15H22N2O3S/c1-2-21(18,19)17-11-14-15(12-17)20-9-8-16(14)10-13-6-4-3-5-7-13/h3-7,14-15H,2,8-12H2,1H3/t14-,15-/m1/s1. The van der Waals surface area contributed by atoms with Crippen molar-refractivity contribution in [3.05, 3.63) is 35.9 Å². The zero-order valence-corrected chi connectivity index (χ0v) is 13.1. The number of nitrogens with zero attached hydrogens (tertiary/aromatic N) is 2. The van der Waals surface area contributed by atoms with Crippen LogP contribution in [-0.4, -0.2) is 61.8 Å². The van der Waals surface area contributed by atoms with Crippen LogP contribution < -0.4 is 0 Å². The molecule has 1 aromatic carbocycles. The van der Waals surface area contributed by atoms with Gasteiger partial charge in [0.15, 0.2) is 0 Å². The highest BCUT2D eigenvalue weighted by atomic mass is 32.2. The first-order valence-corrected chi connectivity index (χ1v) is 9.08. The second-order valence-electron chi connectivity index (χ2n) is 5.65. The summed E-state index contributed by atoms with van der Waals surface area (Å²) in [6.07, 6.45) is 0.00351. The number of benzene rings is 1. The molecule has 3 rings (SSSR count). The van der Waals surface area contributed by atoms with E-state index in [1.165, 1.54) is 5.56 Å². The summed E-state index contributed by atoms with van der Waals surface area (Å²) in [4.78, 5) is 2.36. The van der Waals surface area contributed by atoms with Crippen molar-refractivity contribution in [1.82, 2.24) is 9.21 Å². The molecule has 116 valence electrons. The van der Waals surface area contributed by atoms with E-state index in [2.05, 4.69) is 17.0 Å². The Kier molecular flexibility index (Phi) is 4.31. The fourth-order valence-corrected chi connectivity index (χ4v) is 4.27. The molecule has 0 saturated carbocycles. The molecule has 5 nitrogen and oxygen atoms in total. The molecule has 0 unspecified atom stereocenters. The second-order valence-corrected chi connectivity index (χ2v) is 7.91. The molecule has 1 aromatic rings. The summed E-state index contributed by atoms with van der Waals surface area (Å²) in [6, 6.07) is 10.5. The van der Waals surface area contributed by atoms with Gasteiger partial charge >= 0.3 is 0 Å². The minimum Gasteiger partial charge on any atom is -0.374 e. The summed E-state index contributed by atoms with van der Waals surface area (Å²) in [7, 11) is -3.13. The van der Waals surface area contributed by atoms with Crippen molar-refractivity contribution in [2.45, 2.75) is 25.6 Å². The van der Waals surface area contributed by atoms with Gasteiger partial charge in [-0.3, -0.25) is 4.90 Å². The van der Waals surface area contributed by atoms with Gasteiger partial charge in [0.1, 0.15) is 0 Å². The molecule has 0 amide bonds. The SMILES string of the molecule is CCS(=O)(=O)N1C[C@@H]2[C@@H](C1)OCCN2Cc1ccccc1. The van der Waals surface area contributed by atoms with E-state index in [1.54, 1.807) is 11.2 Å². The lowest BCUT2D eigenvalue weighted by Gasteiger charge is -2.36. The molecular weight excluding hydrogens is 288 g/mol. The van der Waals surface area contributed by atoms with E-state index < -0.39 is 10.0 Å². The highest BCUT2D eigenvalue weighted by molar-refractivity contribution is 7.89. The summed E-state index contributed by atoms with van der Waals surface area (Å²) in [5, 5.41) is 0. The number of fused-ring (bicyclic) bond motifs is 1. The number of morpholine rings is 1. The lowest BCUT2D eigenvalue weighted by Crippen LogP contribution is -2.50. The van der Waals surface area contributed by atoms with Gasteiger partial charge in [0.2, 0.25) is 10.0 Å². The molecule has 2 fully saturated rings. The van der Waals surface area contributed by atoms with Gasteiger partial charge in [-0.1, -0.05) is 30.3 Å². The molecule has 0 spiro atoms. The third-order valence-electron chi connectivity index (χ3n) is 4.37. The van der Waals surface area contributed by atoms with Gasteiger partial charge in [-0.25, -0.2) is 8.42 Å². The van der Waals surface area contributed by atoms with Crippen LogP contribution in [0.15, 0.2) is 30.3 Å². The Morgan fingerprint density at radius 2 is 2.00 bits per heavy atom. The lowest BCUT2D eigenvalue weighted by atomic mass is 10.1. The van der Waals surface area contributed by atoms with Gasteiger partial charge in [-0.05, 0) is 12.5 Å². The summed E-state index contributed by atoms with van der Waals surface area (Å²) >= 11 is 0. The van der Waals surface area contributed by atoms with Crippen molar-refractivity contribution in [3.8, 4) is 0 Å². The van der Waals surface area contributed by atoms with Crippen LogP contribution in [0.1, 0.15) is 12.5 Å². The Balaban J connectivity index is 1.73. The molecule has 0 N–H and O–H groups in total.